The maximum atomic E-state index is 11.7. The van der Waals surface area contributed by atoms with Gasteiger partial charge in [0.05, 0.1) is 0 Å². The number of carbonyl (C=O) groups excluding carboxylic acids is 1. The molecular weight excluding hydrogens is 297 g/mol. The Morgan fingerprint density at radius 3 is 2.90 bits per heavy atom. The van der Waals surface area contributed by atoms with Crippen LogP contribution in [0.2, 0.25) is 5.02 Å². The first kappa shape index (κ1) is 15.5. The monoisotopic (exact) mass is 315 g/mol. The van der Waals surface area contributed by atoms with Crippen LogP contribution in [0.15, 0.2) is 24.3 Å². The lowest BCUT2D eigenvalue weighted by Gasteiger charge is -2.27. The predicted octanol–water partition coefficient (Wildman–Crippen LogP) is 3.63. The number of rotatable bonds is 5. The number of hydrogen-bond acceptors (Lipinski definition) is 2. The average molecular weight is 316 g/mol. The summed E-state index contributed by atoms with van der Waals surface area (Å²) in [7, 11) is 0. The first-order chi connectivity index (χ1) is 9.65. The molecule has 5 heteroatoms. The molecule has 1 aromatic rings. The third kappa shape index (κ3) is 4.88. The van der Waals surface area contributed by atoms with Gasteiger partial charge in [-0.3, -0.25) is 4.79 Å². The van der Waals surface area contributed by atoms with Gasteiger partial charge in [-0.2, -0.15) is 0 Å². The zero-order valence-corrected chi connectivity index (χ0v) is 12.8. The molecule has 2 unspecified atom stereocenters. The molecule has 0 bridgehead atoms. The van der Waals surface area contributed by atoms with Crippen molar-refractivity contribution in [2.24, 2.45) is 5.92 Å². The third-order valence-corrected chi connectivity index (χ3v) is 4.35. The molecule has 2 rings (SSSR count). The molecule has 1 fully saturated rings. The van der Waals surface area contributed by atoms with E-state index in [0.717, 1.165) is 12.8 Å². The van der Waals surface area contributed by atoms with E-state index in [1.54, 1.807) is 24.3 Å². The Labute approximate surface area is 129 Å². The molecule has 2 atom stereocenters. The van der Waals surface area contributed by atoms with Crippen molar-refractivity contribution in [2.75, 3.05) is 13.2 Å². The van der Waals surface area contributed by atoms with E-state index in [1.807, 2.05) is 0 Å². The molecule has 0 heterocycles. The van der Waals surface area contributed by atoms with Gasteiger partial charge in [0.2, 0.25) is 0 Å². The molecule has 1 N–H and O–H groups in total. The second-order valence-corrected chi connectivity index (χ2v) is 6.11. The molecule has 1 aliphatic carbocycles. The van der Waals surface area contributed by atoms with Gasteiger partial charge >= 0.3 is 0 Å². The number of nitrogens with one attached hydrogen (secondary N) is 1. The van der Waals surface area contributed by atoms with Crippen molar-refractivity contribution in [1.82, 2.24) is 5.32 Å². The summed E-state index contributed by atoms with van der Waals surface area (Å²) in [4.78, 5) is 11.7. The number of ether oxygens (including phenoxy) is 1. The van der Waals surface area contributed by atoms with E-state index in [1.165, 1.54) is 12.8 Å². The van der Waals surface area contributed by atoms with Crippen LogP contribution < -0.4 is 10.1 Å². The van der Waals surface area contributed by atoms with Crippen molar-refractivity contribution in [3.63, 3.8) is 0 Å². The Kier molecular flexibility index (Phi) is 5.99. The molecule has 110 valence electrons. The minimum Gasteiger partial charge on any atom is -0.484 e. The first-order valence-corrected chi connectivity index (χ1v) is 7.76. The van der Waals surface area contributed by atoms with Gasteiger partial charge in [0, 0.05) is 16.9 Å². The fourth-order valence-electron chi connectivity index (χ4n) is 2.39. The van der Waals surface area contributed by atoms with E-state index < -0.39 is 0 Å². The summed E-state index contributed by atoms with van der Waals surface area (Å²) in [6.45, 7) is 0.631. The van der Waals surface area contributed by atoms with Crippen LogP contribution in [0.4, 0.5) is 0 Å². The van der Waals surface area contributed by atoms with E-state index in [9.17, 15) is 4.79 Å². The Bertz CT molecular complexity index is 453. The van der Waals surface area contributed by atoms with E-state index in [-0.39, 0.29) is 17.9 Å². The lowest BCUT2D eigenvalue weighted by atomic mass is 9.89. The van der Waals surface area contributed by atoms with Crippen LogP contribution in [0.5, 0.6) is 5.75 Å². The Balaban J connectivity index is 1.70. The summed E-state index contributed by atoms with van der Waals surface area (Å²) < 4.78 is 5.39. The molecule has 0 spiro atoms. The minimum atomic E-state index is -0.126. The summed E-state index contributed by atoms with van der Waals surface area (Å²) in [6.07, 6.45) is 4.52. The average Bonchev–Trinajstić information content (AvgIpc) is 2.44. The minimum absolute atomic E-state index is 0.0000145. The van der Waals surface area contributed by atoms with Gasteiger partial charge in [-0.1, -0.05) is 30.5 Å². The van der Waals surface area contributed by atoms with Gasteiger partial charge in [-0.05, 0) is 37.0 Å². The maximum Gasteiger partial charge on any atom is 0.257 e. The second-order valence-electron chi connectivity index (χ2n) is 5.11. The van der Waals surface area contributed by atoms with Crippen molar-refractivity contribution >= 4 is 29.1 Å². The molecule has 0 aliphatic heterocycles. The lowest BCUT2D eigenvalue weighted by molar-refractivity contribution is -0.123. The lowest BCUT2D eigenvalue weighted by Crippen LogP contribution is -2.37. The van der Waals surface area contributed by atoms with Crippen molar-refractivity contribution in [3.8, 4) is 5.75 Å². The Morgan fingerprint density at radius 1 is 1.35 bits per heavy atom. The zero-order chi connectivity index (χ0) is 14.4. The summed E-state index contributed by atoms with van der Waals surface area (Å²) in [5, 5.41) is 3.66. The molecule has 1 amide bonds. The second kappa shape index (κ2) is 7.75. The summed E-state index contributed by atoms with van der Waals surface area (Å²) >= 11 is 12.1. The van der Waals surface area contributed by atoms with Gasteiger partial charge in [0.15, 0.2) is 6.61 Å². The molecule has 0 saturated heterocycles. The third-order valence-electron chi connectivity index (χ3n) is 3.54. The smallest absolute Gasteiger partial charge is 0.257 e. The van der Waals surface area contributed by atoms with Crippen molar-refractivity contribution in [1.29, 1.82) is 0 Å². The highest BCUT2D eigenvalue weighted by Gasteiger charge is 2.23. The largest absolute Gasteiger partial charge is 0.484 e. The highest BCUT2D eigenvalue weighted by Crippen LogP contribution is 2.27. The standard InChI is InChI=1S/C15H19Cl2NO2/c16-12-5-3-6-13(8-12)20-10-15(19)18-9-11-4-1-2-7-14(11)17/h3,5-6,8,11,14H,1-2,4,7,9-10H2,(H,18,19). The van der Waals surface area contributed by atoms with E-state index >= 15 is 0 Å². The van der Waals surface area contributed by atoms with Crippen molar-refractivity contribution in [2.45, 2.75) is 31.1 Å². The fraction of sp³-hybridized carbons (Fsp3) is 0.533. The number of alkyl halides is 1. The summed E-state index contributed by atoms with van der Waals surface area (Å²) in [5.41, 5.74) is 0. The van der Waals surface area contributed by atoms with Crippen LogP contribution in [0.25, 0.3) is 0 Å². The van der Waals surface area contributed by atoms with Crippen molar-refractivity contribution < 1.29 is 9.53 Å². The molecule has 20 heavy (non-hydrogen) atoms. The molecule has 3 nitrogen and oxygen atoms in total. The topological polar surface area (TPSA) is 38.3 Å². The molecule has 0 aromatic heterocycles. The van der Waals surface area contributed by atoms with Crippen LogP contribution in [-0.2, 0) is 4.79 Å². The Hall–Kier alpha value is -0.930. The SMILES string of the molecule is O=C(COc1cccc(Cl)c1)NCC1CCCCC1Cl. The highest BCUT2D eigenvalue weighted by molar-refractivity contribution is 6.30. The van der Waals surface area contributed by atoms with Gasteiger partial charge in [0.25, 0.3) is 5.91 Å². The predicted molar refractivity (Wildman–Crippen MR) is 81.6 cm³/mol. The van der Waals surface area contributed by atoms with Crippen molar-refractivity contribution in [3.05, 3.63) is 29.3 Å². The molecular formula is C15H19Cl2NO2. The molecule has 0 radical (unpaired) electrons. The van der Waals surface area contributed by atoms with Crippen LogP contribution in [0, 0.1) is 5.92 Å². The highest BCUT2D eigenvalue weighted by atomic mass is 35.5. The quantitative estimate of drug-likeness (QED) is 0.843. The van der Waals surface area contributed by atoms with Gasteiger partial charge in [-0.15, -0.1) is 11.6 Å². The number of carbonyl (C=O) groups is 1. The van der Waals surface area contributed by atoms with E-state index in [4.69, 9.17) is 27.9 Å². The molecule has 1 aliphatic rings. The van der Waals surface area contributed by atoms with E-state index in [2.05, 4.69) is 5.32 Å². The fourth-order valence-corrected chi connectivity index (χ4v) is 2.94. The van der Waals surface area contributed by atoms with Gasteiger partial charge in [0.1, 0.15) is 5.75 Å². The van der Waals surface area contributed by atoms with Crippen LogP contribution in [0.1, 0.15) is 25.7 Å². The number of amides is 1. The van der Waals surface area contributed by atoms with Gasteiger partial charge in [-0.25, -0.2) is 0 Å². The maximum absolute atomic E-state index is 11.7. The number of halogens is 2. The number of hydrogen-bond donors (Lipinski definition) is 1. The first-order valence-electron chi connectivity index (χ1n) is 6.94. The zero-order valence-electron chi connectivity index (χ0n) is 11.3. The summed E-state index contributed by atoms with van der Waals surface area (Å²) in [5.74, 6) is 0.848. The summed E-state index contributed by atoms with van der Waals surface area (Å²) in [6, 6.07) is 7.01. The van der Waals surface area contributed by atoms with Gasteiger partial charge < -0.3 is 10.1 Å². The van der Waals surface area contributed by atoms with Crippen LogP contribution in [0.3, 0.4) is 0 Å². The molecule has 1 saturated carbocycles. The number of benzene rings is 1. The van der Waals surface area contributed by atoms with Crippen LogP contribution in [-0.4, -0.2) is 24.4 Å². The normalized spacial score (nSPS) is 22.3. The molecule has 1 aromatic carbocycles. The van der Waals surface area contributed by atoms with E-state index in [0.29, 0.717) is 23.2 Å². The Morgan fingerprint density at radius 2 is 2.15 bits per heavy atom. The van der Waals surface area contributed by atoms with Crippen LogP contribution >= 0.6 is 23.2 Å².